The molecule has 0 radical (unpaired) electrons. The molecule has 0 aliphatic heterocycles. The molecule has 9 N–H and O–H groups in total. The Morgan fingerprint density at radius 2 is 1.41 bits per heavy atom. The Morgan fingerprint density at radius 3 is 1.86 bits per heavy atom. The van der Waals surface area contributed by atoms with Gasteiger partial charge in [0.2, 0.25) is 0 Å². The average Bonchev–Trinajstić information content (AvgIpc) is 2.36. The van der Waals surface area contributed by atoms with Crippen LogP contribution >= 0.6 is 0 Å². The predicted molar refractivity (Wildman–Crippen MR) is 84.0 cm³/mol. The van der Waals surface area contributed by atoms with Crippen LogP contribution in [0.25, 0.3) is 0 Å². The summed E-state index contributed by atoms with van der Waals surface area (Å²) in [4.78, 5) is 32.6. The lowest BCUT2D eigenvalue weighted by molar-refractivity contribution is 0.236. The molecule has 9 nitrogen and oxygen atoms in total. The molecule has 0 spiro atoms. The van der Waals surface area contributed by atoms with Crippen molar-refractivity contribution in [1.29, 1.82) is 0 Å². The number of urea groups is 3. The molecule has 0 aromatic rings. The van der Waals surface area contributed by atoms with Crippen LogP contribution in [0.4, 0.5) is 14.4 Å². The van der Waals surface area contributed by atoms with E-state index in [0.29, 0.717) is 19.4 Å². The minimum Gasteiger partial charge on any atom is -0.352 e. The number of rotatable bonds is 11. The molecule has 0 aliphatic rings. The molecule has 0 aromatic carbocycles. The van der Waals surface area contributed by atoms with Crippen LogP contribution in [0.15, 0.2) is 0 Å². The summed E-state index contributed by atoms with van der Waals surface area (Å²) in [5, 5.41) is 7.85. The highest BCUT2D eigenvalue weighted by Gasteiger charge is 2.18. The maximum Gasteiger partial charge on any atom is 0.312 e. The Labute approximate surface area is 130 Å². The highest BCUT2D eigenvalue weighted by atomic mass is 16.2. The lowest BCUT2D eigenvalue weighted by atomic mass is 9.98. The van der Waals surface area contributed by atoms with Gasteiger partial charge in [0, 0.05) is 18.6 Å². The molecule has 0 aromatic heterocycles. The molecule has 0 saturated carbocycles. The second-order valence-electron chi connectivity index (χ2n) is 5.22. The molecule has 2 unspecified atom stereocenters. The van der Waals surface area contributed by atoms with E-state index in [0.717, 1.165) is 25.7 Å². The first-order chi connectivity index (χ1) is 10.3. The van der Waals surface area contributed by atoms with Crippen molar-refractivity contribution < 1.29 is 14.4 Å². The summed E-state index contributed by atoms with van der Waals surface area (Å²) in [5.74, 6) is 0. The zero-order valence-electron chi connectivity index (χ0n) is 13.1. The van der Waals surface area contributed by atoms with Crippen LogP contribution < -0.4 is 33.2 Å². The van der Waals surface area contributed by atoms with Crippen molar-refractivity contribution >= 4 is 18.1 Å². The number of primary amides is 3. The van der Waals surface area contributed by atoms with Gasteiger partial charge in [-0.2, -0.15) is 0 Å². The van der Waals surface area contributed by atoms with Crippen LogP contribution in [0.2, 0.25) is 0 Å². The monoisotopic (exact) mass is 316 g/mol. The maximum atomic E-state index is 11.1. The number of hydrogen-bond donors (Lipinski definition) is 6. The summed E-state index contributed by atoms with van der Waals surface area (Å²) in [6.07, 6.45) is 4.41. The van der Waals surface area contributed by atoms with Gasteiger partial charge in [-0.3, -0.25) is 0 Å². The Bertz CT molecular complexity index is 364. The Morgan fingerprint density at radius 1 is 0.864 bits per heavy atom. The Balaban J connectivity index is 4.31. The van der Waals surface area contributed by atoms with Gasteiger partial charge in [0.05, 0.1) is 0 Å². The van der Waals surface area contributed by atoms with E-state index in [9.17, 15) is 14.4 Å². The van der Waals surface area contributed by atoms with Crippen molar-refractivity contribution in [3.63, 3.8) is 0 Å². The Kier molecular flexibility index (Phi) is 10.3. The van der Waals surface area contributed by atoms with Crippen LogP contribution in [-0.2, 0) is 0 Å². The van der Waals surface area contributed by atoms with E-state index in [1.807, 2.05) is 6.92 Å². The number of unbranched alkanes of at least 4 members (excludes halogenated alkanes) is 1. The number of nitrogens with one attached hydrogen (secondary N) is 3. The first kappa shape index (κ1) is 19.8. The van der Waals surface area contributed by atoms with Crippen LogP contribution in [0.3, 0.4) is 0 Å². The first-order valence-corrected chi connectivity index (χ1v) is 7.50. The summed E-state index contributed by atoms with van der Waals surface area (Å²) < 4.78 is 0. The second kappa shape index (κ2) is 11.5. The van der Waals surface area contributed by atoms with E-state index in [-0.39, 0.29) is 12.1 Å². The number of amides is 6. The zero-order chi connectivity index (χ0) is 17.0. The summed E-state index contributed by atoms with van der Waals surface area (Å²) >= 11 is 0. The number of hydrogen-bond acceptors (Lipinski definition) is 3. The molecule has 0 rings (SSSR count). The SMILES string of the molecule is CCCC(CC(CCCCNC(N)=O)NC(N)=O)NC(N)=O. The minimum atomic E-state index is -0.602. The highest BCUT2D eigenvalue weighted by Crippen LogP contribution is 2.11. The maximum absolute atomic E-state index is 11.1. The molecule has 0 bridgehead atoms. The summed E-state index contributed by atoms with van der Waals surface area (Å²) in [7, 11) is 0. The van der Waals surface area contributed by atoms with Crippen molar-refractivity contribution in [2.45, 2.75) is 57.5 Å². The smallest absolute Gasteiger partial charge is 0.312 e. The molecule has 0 saturated heterocycles. The van der Waals surface area contributed by atoms with Gasteiger partial charge in [-0.1, -0.05) is 13.3 Å². The molecule has 0 aliphatic carbocycles. The van der Waals surface area contributed by atoms with Crippen LogP contribution in [-0.4, -0.2) is 36.7 Å². The molecule has 9 heteroatoms. The van der Waals surface area contributed by atoms with Crippen molar-refractivity contribution in [3.8, 4) is 0 Å². The van der Waals surface area contributed by atoms with Crippen LogP contribution in [0, 0.1) is 0 Å². The van der Waals surface area contributed by atoms with Crippen LogP contribution in [0.5, 0.6) is 0 Å². The van der Waals surface area contributed by atoms with Crippen molar-refractivity contribution in [3.05, 3.63) is 0 Å². The van der Waals surface area contributed by atoms with E-state index in [1.54, 1.807) is 0 Å². The van der Waals surface area contributed by atoms with Crippen LogP contribution in [0.1, 0.15) is 45.4 Å². The van der Waals surface area contributed by atoms with Gasteiger partial charge >= 0.3 is 18.1 Å². The molecular weight excluding hydrogens is 288 g/mol. The summed E-state index contributed by atoms with van der Waals surface area (Å²) in [5.41, 5.74) is 15.3. The molecule has 128 valence electrons. The third-order valence-electron chi connectivity index (χ3n) is 3.18. The van der Waals surface area contributed by atoms with Gasteiger partial charge in [-0.15, -0.1) is 0 Å². The fourth-order valence-electron chi connectivity index (χ4n) is 2.32. The topological polar surface area (TPSA) is 165 Å². The third kappa shape index (κ3) is 11.6. The molecule has 0 heterocycles. The third-order valence-corrected chi connectivity index (χ3v) is 3.18. The molecule has 6 amide bonds. The first-order valence-electron chi connectivity index (χ1n) is 7.50. The highest BCUT2D eigenvalue weighted by molar-refractivity contribution is 5.72. The molecule has 0 fully saturated rings. The lowest BCUT2D eigenvalue weighted by Crippen LogP contribution is -2.46. The number of carbonyl (C=O) groups excluding carboxylic acids is 3. The Hall–Kier alpha value is -2.19. The molecular formula is C13H28N6O3. The van der Waals surface area contributed by atoms with Gasteiger partial charge in [-0.25, -0.2) is 14.4 Å². The standard InChI is InChI=1S/C13H28N6O3/c1-2-5-9(18-12(15)21)8-10(19-13(16)22)6-3-4-7-17-11(14)20/h9-10H,2-8H2,1H3,(H3,14,17,20)(H3,15,18,21)(H3,16,19,22). The molecule has 2 atom stereocenters. The van der Waals surface area contributed by atoms with Crippen molar-refractivity contribution in [2.24, 2.45) is 17.2 Å². The van der Waals surface area contributed by atoms with E-state index < -0.39 is 18.1 Å². The van der Waals surface area contributed by atoms with E-state index in [2.05, 4.69) is 16.0 Å². The largest absolute Gasteiger partial charge is 0.352 e. The van der Waals surface area contributed by atoms with E-state index in [4.69, 9.17) is 17.2 Å². The predicted octanol–water partition coefficient (Wildman–Crippen LogP) is 0.0890. The number of nitrogens with two attached hydrogens (primary N) is 3. The average molecular weight is 316 g/mol. The summed E-state index contributed by atoms with van der Waals surface area (Å²) in [6.45, 7) is 2.48. The lowest BCUT2D eigenvalue weighted by Gasteiger charge is -2.24. The van der Waals surface area contributed by atoms with Crippen molar-refractivity contribution in [2.75, 3.05) is 6.54 Å². The zero-order valence-corrected chi connectivity index (χ0v) is 13.1. The summed E-state index contributed by atoms with van der Waals surface area (Å²) in [6, 6.07) is -2.01. The van der Waals surface area contributed by atoms with Gasteiger partial charge in [0.25, 0.3) is 0 Å². The normalized spacial score (nSPS) is 13.0. The van der Waals surface area contributed by atoms with Gasteiger partial charge in [0.1, 0.15) is 0 Å². The van der Waals surface area contributed by atoms with Gasteiger partial charge in [-0.05, 0) is 32.1 Å². The number of carbonyl (C=O) groups is 3. The molecule has 22 heavy (non-hydrogen) atoms. The van der Waals surface area contributed by atoms with E-state index in [1.165, 1.54) is 0 Å². The fraction of sp³-hybridized carbons (Fsp3) is 0.769. The quantitative estimate of drug-likeness (QED) is 0.298. The second-order valence-corrected chi connectivity index (χ2v) is 5.22. The minimum absolute atomic E-state index is 0.108. The van der Waals surface area contributed by atoms with E-state index >= 15 is 0 Å². The fourth-order valence-corrected chi connectivity index (χ4v) is 2.32. The van der Waals surface area contributed by atoms with Crippen molar-refractivity contribution in [1.82, 2.24) is 16.0 Å². The van der Waals surface area contributed by atoms with Gasteiger partial charge < -0.3 is 33.2 Å². The van der Waals surface area contributed by atoms with Gasteiger partial charge in [0.15, 0.2) is 0 Å².